The summed E-state index contributed by atoms with van der Waals surface area (Å²) in [6, 6.07) is 9.31. The maximum atomic E-state index is 6.53. The van der Waals surface area contributed by atoms with E-state index < -0.39 is 5.79 Å². The quantitative estimate of drug-likeness (QED) is 0.397. The van der Waals surface area contributed by atoms with Gasteiger partial charge in [-0.2, -0.15) is 0 Å². The van der Waals surface area contributed by atoms with E-state index in [9.17, 15) is 0 Å². The second-order valence-electron chi connectivity index (χ2n) is 8.44. The number of rotatable bonds is 8. The number of ether oxygens (including phenoxy) is 3. The monoisotopic (exact) mass is 509 g/mol. The van der Waals surface area contributed by atoms with E-state index in [-0.39, 0.29) is 12.7 Å². The van der Waals surface area contributed by atoms with E-state index in [1.54, 1.807) is 24.7 Å². The molecule has 176 valence electrons. The highest BCUT2D eigenvalue weighted by Crippen LogP contribution is 2.41. The molecule has 6 nitrogen and oxygen atoms in total. The summed E-state index contributed by atoms with van der Waals surface area (Å²) in [6.07, 6.45) is 4.94. The molecule has 33 heavy (non-hydrogen) atoms. The summed E-state index contributed by atoms with van der Waals surface area (Å²) < 4.78 is 20.7. The third kappa shape index (κ3) is 5.65. The Bertz CT molecular complexity index is 1080. The van der Waals surface area contributed by atoms with Crippen LogP contribution >= 0.6 is 34.8 Å². The number of nitrogens with zero attached hydrogens (tertiary/aromatic N) is 3. The van der Waals surface area contributed by atoms with Crippen LogP contribution in [0.5, 0.6) is 5.75 Å². The summed E-state index contributed by atoms with van der Waals surface area (Å²) in [5.41, 5.74) is 2.81. The van der Waals surface area contributed by atoms with Crippen molar-refractivity contribution in [1.29, 1.82) is 0 Å². The van der Waals surface area contributed by atoms with E-state index in [4.69, 9.17) is 49.0 Å². The summed E-state index contributed by atoms with van der Waals surface area (Å²) >= 11 is 19.2. The molecule has 0 N–H and O–H groups in total. The van der Waals surface area contributed by atoms with Gasteiger partial charge in [0.05, 0.1) is 29.5 Å². The Morgan fingerprint density at radius 1 is 1.18 bits per heavy atom. The number of hydrogen-bond acceptors (Lipinski definition) is 5. The standard InChI is InChI=1S/C24H26Cl3N3O3/c1-16-8-17(11-29(2)3)9-22(27)23(16)31-12-19-13-32-24(33-19,14-30-7-6-28-15-30)20-5-4-18(25)10-21(20)26/h4-10,15,19H,11-14H2,1-3H3/t19-,24-/m1/s1. The minimum absolute atomic E-state index is 0.282. The molecule has 0 radical (unpaired) electrons. The first kappa shape index (κ1) is 24.3. The van der Waals surface area contributed by atoms with Crippen LogP contribution in [0.25, 0.3) is 0 Å². The van der Waals surface area contributed by atoms with E-state index in [0.29, 0.717) is 39.5 Å². The highest BCUT2D eigenvalue weighted by atomic mass is 35.5. The molecule has 0 unspecified atom stereocenters. The van der Waals surface area contributed by atoms with Crippen LogP contribution in [0.1, 0.15) is 16.7 Å². The van der Waals surface area contributed by atoms with Crippen LogP contribution in [-0.2, 0) is 28.4 Å². The molecule has 1 aromatic heterocycles. The van der Waals surface area contributed by atoms with Gasteiger partial charge in [0.25, 0.3) is 0 Å². The Morgan fingerprint density at radius 2 is 2.00 bits per heavy atom. The summed E-state index contributed by atoms with van der Waals surface area (Å²) in [4.78, 5) is 6.21. The number of hydrogen-bond donors (Lipinski definition) is 0. The van der Waals surface area contributed by atoms with Crippen LogP contribution < -0.4 is 4.74 Å². The van der Waals surface area contributed by atoms with Gasteiger partial charge in [-0.25, -0.2) is 4.98 Å². The molecule has 3 aromatic rings. The lowest BCUT2D eigenvalue weighted by atomic mass is 10.1. The Balaban J connectivity index is 1.52. The Morgan fingerprint density at radius 3 is 2.67 bits per heavy atom. The topological polar surface area (TPSA) is 48.8 Å². The number of aryl methyl sites for hydroxylation is 1. The van der Waals surface area contributed by atoms with Crippen LogP contribution in [-0.4, -0.2) is 47.9 Å². The van der Waals surface area contributed by atoms with Crippen molar-refractivity contribution in [2.24, 2.45) is 0 Å². The predicted octanol–water partition coefficient (Wildman–Crippen LogP) is 5.56. The Kier molecular flexibility index (Phi) is 7.53. The highest BCUT2D eigenvalue weighted by Gasteiger charge is 2.45. The molecule has 9 heteroatoms. The summed E-state index contributed by atoms with van der Waals surface area (Å²) in [5, 5.41) is 1.60. The molecular formula is C24H26Cl3N3O3. The lowest BCUT2D eigenvalue weighted by Crippen LogP contribution is -2.34. The molecule has 0 aliphatic carbocycles. The fourth-order valence-corrected chi connectivity index (χ4v) is 4.89. The molecule has 2 heterocycles. The Hall–Kier alpha value is -1.80. The first-order valence-corrected chi connectivity index (χ1v) is 11.7. The SMILES string of the molecule is Cc1cc(CN(C)C)cc(Cl)c1OC[C@@H]1CO[C@@](Cn2ccnc2)(c2ccc(Cl)cc2Cl)O1. The smallest absolute Gasteiger partial charge is 0.215 e. The minimum atomic E-state index is -1.09. The number of halogens is 3. The zero-order chi connectivity index (χ0) is 23.6. The zero-order valence-corrected chi connectivity index (χ0v) is 21.0. The van der Waals surface area contributed by atoms with Crippen LogP contribution in [0.3, 0.4) is 0 Å². The maximum Gasteiger partial charge on any atom is 0.215 e. The van der Waals surface area contributed by atoms with Crippen molar-refractivity contribution in [3.05, 3.63) is 80.8 Å². The van der Waals surface area contributed by atoms with Crippen molar-refractivity contribution >= 4 is 34.8 Å². The van der Waals surface area contributed by atoms with Crippen molar-refractivity contribution in [3.8, 4) is 5.75 Å². The minimum Gasteiger partial charge on any atom is -0.489 e. The zero-order valence-electron chi connectivity index (χ0n) is 18.7. The third-order valence-corrected chi connectivity index (χ3v) is 6.18. The van der Waals surface area contributed by atoms with Gasteiger partial charge >= 0.3 is 0 Å². The van der Waals surface area contributed by atoms with E-state index in [1.807, 2.05) is 43.9 Å². The number of aromatic nitrogens is 2. The number of imidazole rings is 1. The average molecular weight is 511 g/mol. The van der Waals surface area contributed by atoms with Gasteiger partial charge in [0.15, 0.2) is 0 Å². The summed E-state index contributed by atoms with van der Waals surface area (Å²) in [5.74, 6) is -0.440. The van der Waals surface area contributed by atoms with Gasteiger partial charge in [-0.1, -0.05) is 46.9 Å². The van der Waals surface area contributed by atoms with E-state index >= 15 is 0 Å². The molecule has 2 atom stereocenters. The van der Waals surface area contributed by atoms with Gasteiger partial charge in [0.2, 0.25) is 5.79 Å². The first-order valence-electron chi connectivity index (χ1n) is 10.6. The maximum absolute atomic E-state index is 6.53. The van der Waals surface area contributed by atoms with Crippen molar-refractivity contribution in [2.45, 2.75) is 31.9 Å². The van der Waals surface area contributed by atoms with Gasteiger partial charge in [0, 0.05) is 29.5 Å². The lowest BCUT2D eigenvalue weighted by Gasteiger charge is -2.30. The highest BCUT2D eigenvalue weighted by molar-refractivity contribution is 6.35. The van der Waals surface area contributed by atoms with Gasteiger partial charge in [-0.3, -0.25) is 0 Å². The Labute approximate surface area is 208 Å². The molecule has 1 fully saturated rings. The molecule has 0 bridgehead atoms. The second kappa shape index (κ2) is 10.2. The van der Waals surface area contributed by atoms with Gasteiger partial charge in [-0.05, 0) is 50.3 Å². The van der Waals surface area contributed by atoms with Crippen LogP contribution in [0.2, 0.25) is 15.1 Å². The molecule has 0 amide bonds. The normalized spacial score (nSPS) is 20.5. The summed E-state index contributed by atoms with van der Waals surface area (Å²) in [6.45, 7) is 3.79. The molecule has 1 saturated heterocycles. The van der Waals surface area contributed by atoms with Gasteiger partial charge < -0.3 is 23.7 Å². The molecule has 1 aliphatic rings. The van der Waals surface area contributed by atoms with Crippen LogP contribution in [0.4, 0.5) is 0 Å². The number of benzene rings is 2. The van der Waals surface area contributed by atoms with Crippen LogP contribution in [0, 0.1) is 6.92 Å². The van der Waals surface area contributed by atoms with E-state index in [0.717, 1.165) is 17.7 Å². The third-order valence-electron chi connectivity index (χ3n) is 5.35. The lowest BCUT2D eigenvalue weighted by molar-refractivity contribution is -0.189. The van der Waals surface area contributed by atoms with Crippen molar-refractivity contribution in [3.63, 3.8) is 0 Å². The fourth-order valence-electron chi connectivity index (χ4n) is 3.99. The largest absolute Gasteiger partial charge is 0.489 e. The fraction of sp³-hybridized carbons (Fsp3) is 0.375. The molecule has 0 spiro atoms. The van der Waals surface area contributed by atoms with Crippen LogP contribution in [0.15, 0.2) is 49.1 Å². The van der Waals surface area contributed by atoms with Crippen molar-refractivity contribution in [2.75, 3.05) is 27.3 Å². The first-order chi connectivity index (χ1) is 15.8. The van der Waals surface area contributed by atoms with Crippen molar-refractivity contribution < 1.29 is 14.2 Å². The predicted molar refractivity (Wildman–Crippen MR) is 130 cm³/mol. The molecule has 0 saturated carbocycles. The van der Waals surface area contributed by atoms with Gasteiger partial charge in [-0.15, -0.1) is 0 Å². The van der Waals surface area contributed by atoms with E-state index in [2.05, 4.69) is 16.0 Å². The van der Waals surface area contributed by atoms with E-state index in [1.165, 1.54) is 0 Å². The molecule has 4 rings (SSSR count). The van der Waals surface area contributed by atoms with Gasteiger partial charge in [0.1, 0.15) is 18.5 Å². The molecule has 2 aromatic carbocycles. The molecular weight excluding hydrogens is 485 g/mol. The van der Waals surface area contributed by atoms with Crippen molar-refractivity contribution in [1.82, 2.24) is 14.5 Å². The second-order valence-corrected chi connectivity index (χ2v) is 9.69. The molecule has 1 aliphatic heterocycles. The summed E-state index contributed by atoms with van der Waals surface area (Å²) in [7, 11) is 4.04. The average Bonchev–Trinajstić information content (AvgIpc) is 3.37.